The molecular formula is C21H18F4N5OS2+. The second-order valence-electron chi connectivity index (χ2n) is 7.21. The summed E-state index contributed by atoms with van der Waals surface area (Å²) < 4.78 is 53.3. The molecule has 2 aromatic carbocycles. The van der Waals surface area contributed by atoms with Gasteiger partial charge in [-0.15, -0.1) is 11.3 Å². The zero-order valence-corrected chi connectivity index (χ0v) is 19.0. The van der Waals surface area contributed by atoms with Crippen LogP contribution in [0, 0.1) is 12.7 Å². The zero-order valence-electron chi connectivity index (χ0n) is 17.3. The lowest BCUT2D eigenvalue weighted by Crippen LogP contribution is -2.10. The summed E-state index contributed by atoms with van der Waals surface area (Å²) in [6, 6.07) is 9.25. The van der Waals surface area contributed by atoms with Crippen LogP contribution in [-0.2, 0) is 0 Å². The van der Waals surface area contributed by atoms with Crippen molar-refractivity contribution in [3.05, 3.63) is 52.8 Å². The smallest absolute Gasteiger partial charge is 0.284 e. The fourth-order valence-corrected chi connectivity index (χ4v) is 6.44. The molecule has 0 saturated heterocycles. The van der Waals surface area contributed by atoms with Crippen LogP contribution in [0.1, 0.15) is 28.2 Å². The van der Waals surface area contributed by atoms with E-state index in [4.69, 9.17) is 0 Å². The number of aliphatic imine (C=N–C) groups is 1. The minimum Gasteiger partial charge on any atom is -0.284 e. The van der Waals surface area contributed by atoms with Crippen molar-refractivity contribution in [1.29, 1.82) is 0 Å². The first-order chi connectivity index (χ1) is 15.7. The highest BCUT2D eigenvalue weighted by molar-refractivity contribution is 8.30. The lowest BCUT2D eigenvalue weighted by Gasteiger charge is -2.19. The molecule has 0 saturated carbocycles. The first-order valence-electron chi connectivity index (χ1n) is 9.90. The highest BCUT2D eigenvalue weighted by atomic mass is 32.2. The number of amides is 1. The molecule has 3 aromatic rings. The molecule has 0 bridgehead atoms. The van der Waals surface area contributed by atoms with Gasteiger partial charge >= 0.3 is 12.1 Å². The summed E-state index contributed by atoms with van der Waals surface area (Å²) in [6.07, 6.45) is -5.42. The van der Waals surface area contributed by atoms with Crippen LogP contribution in [0.2, 0.25) is 0 Å². The van der Waals surface area contributed by atoms with Crippen molar-refractivity contribution >= 4 is 49.1 Å². The summed E-state index contributed by atoms with van der Waals surface area (Å²) in [5, 5.41) is 8.70. The Morgan fingerprint density at radius 2 is 2.06 bits per heavy atom. The highest BCUT2D eigenvalue weighted by Gasteiger charge is 2.30. The van der Waals surface area contributed by atoms with Crippen LogP contribution in [-0.4, -0.2) is 34.4 Å². The Kier molecular flexibility index (Phi) is 6.68. The molecule has 1 unspecified atom stereocenters. The van der Waals surface area contributed by atoms with Gasteiger partial charge in [-0.05, 0) is 48.2 Å². The van der Waals surface area contributed by atoms with Crippen molar-refractivity contribution in [3.8, 4) is 0 Å². The molecular weight excluding hydrogens is 478 g/mol. The molecule has 2 heterocycles. The Morgan fingerprint density at radius 1 is 1.24 bits per heavy atom. The van der Waals surface area contributed by atoms with E-state index in [2.05, 4.69) is 25.1 Å². The van der Waals surface area contributed by atoms with E-state index in [1.807, 2.05) is 13.0 Å². The maximum absolute atomic E-state index is 14.6. The van der Waals surface area contributed by atoms with E-state index in [1.165, 1.54) is 12.1 Å². The van der Waals surface area contributed by atoms with Gasteiger partial charge in [0.1, 0.15) is 5.82 Å². The minimum atomic E-state index is -4.27. The van der Waals surface area contributed by atoms with Gasteiger partial charge in [0.2, 0.25) is 10.0 Å². The molecule has 6 nitrogen and oxygen atoms in total. The number of hydrogen-bond donors (Lipinski definition) is 1. The van der Waals surface area contributed by atoms with Gasteiger partial charge < -0.3 is 0 Å². The average molecular weight is 497 g/mol. The predicted octanol–water partition coefficient (Wildman–Crippen LogP) is 6.30. The second kappa shape index (κ2) is 9.50. The van der Waals surface area contributed by atoms with Gasteiger partial charge in [-0.2, -0.15) is 24.1 Å². The fraction of sp³-hybridized carbons (Fsp3) is 0.286. The quantitative estimate of drug-likeness (QED) is 0.195. The van der Waals surface area contributed by atoms with Crippen LogP contribution in [0.25, 0.3) is 10.2 Å². The number of halogens is 4. The van der Waals surface area contributed by atoms with E-state index in [0.29, 0.717) is 27.9 Å². The van der Waals surface area contributed by atoms with Crippen molar-refractivity contribution in [1.82, 2.24) is 9.90 Å². The van der Waals surface area contributed by atoms with Crippen molar-refractivity contribution < 1.29 is 22.4 Å². The number of aryl methyl sites for hydroxylation is 1. The molecule has 1 amide bonds. The molecule has 12 heteroatoms. The third-order valence-electron chi connectivity index (χ3n) is 4.83. The number of hydrogen-bond acceptors (Lipinski definition) is 5. The van der Waals surface area contributed by atoms with Crippen LogP contribution < -0.4 is 4.91 Å². The molecule has 0 fully saturated rings. The Labute approximate surface area is 192 Å². The van der Waals surface area contributed by atoms with Gasteiger partial charge in [0.25, 0.3) is 0 Å². The molecule has 1 aliphatic heterocycles. The fourth-order valence-electron chi connectivity index (χ4n) is 3.35. The largest absolute Gasteiger partial charge is 0.389 e. The van der Waals surface area contributed by atoms with Gasteiger partial charge in [0, 0.05) is 25.1 Å². The third kappa shape index (κ3) is 5.70. The van der Waals surface area contributed by atoms with Crippen molar-refractivity contribution in [2.45, 2.75) is 30.8 Å². The summed E-state index contributed by atoms with van der Waals surface area (Å²) >= 11 is 1.54. The summed E-state index contributed by atoms with van der Waals surface area (Å²) in [5.74, 6) is -1.14. The number of fused-ring (bicyclic) bond motifs is 1. The lowest BCUT2D eigenvalue weighted by molar-refractivity contribution is -0.132. The standard InChI is InChI=1S/C21H18F4N5OS2/c1-12-27-17-10-13(2-5-18(17)32-12)28-30-29-20(31)15-4-3-14(11-16(15)22)33-9-8-26-19(33)6-7-21(23,24)25/h2-5,10-11,33H,6-9H2,1H3/q+1. The van der Waals surface area contributed by atoms with E-state index in [0.717, 1.165) is 15.2 Å². The Morgan fingerprint density at radius 3 is 2.82 bits per heavy atom. The average Bonchev–Trinajstić information content (AvgIpc) is 3.36. The normalized spacial score (nSPS) is 17.0. The number of rotatable bonds is 5. The van der Waals surface area contributed by atoms with Crippen LogP contribution in [0.15, 0.2) is 56.5 Å². The van der Waals surface area contributed by atoms with Crippen LogP contribution in [0.5, 0.6) is 0 Å². The summed E-state index contributed by atoms with van der Waals surface area (Å²) in [6.45, 7) is 2.31. The first-order valence-corrected chi connectivity index (χ1v) is 12.2. The molecule has 172 valence electrons. The van der Waals surface area contributed by atoms with E-state index < -0.39 is 35.2 Å². The molecule has 1 aliphatic rings. The Balaban J connectivity index is 1.47. The minimum absolute atomic E-state index is 0.195. The van der Waals surface area contributed by atoms with Gasteiger partial charge in [0.05, 0.1) is 25.8 Å². The van der Waals surface area contributed by atoms with Crippen molar-refractivity contribution in [2.75, 3.05) is 12.3 Å². The summed E-state index contributed by atoms with van der Waals surface area (Å²) in [5.41, 5.74) is 0.926. The molecule has 0 N–H and O–H groups in total. The first kappa shape index (κ1) is 23.2. The van der Waals surface area contributed by atoms with Crippen LogP contribution >= 0.6 is 22.2 Å². The number of aromatic nitrogens is 1. The number of carbonyl (C=O) groups is 1. The highest BCUT2D eigenvalue weighted by Crippen LogP contribution is 2.43. The van der Waals surface area contributed by atoms with E-state index in [1.54, 1.807) is 29.5 Å². The van der Waals surface area contributed by atoms with Crippen molar-refractivity contribution in [2.24, 2.45) is 15.2 Å². The van der Waals surface area contributed by atoms with Gasteiger partial charge in [-0.25, -0.2) is 9.37 Å². The molecule has 33 heavy (non-hydrogen) atoms. The predicted molar refractivity (Wildman–Crippen MR) is 121 cm³/mol. The van der Waals surface area contributed by atoms with Crippen LogP contribution in [0.3, 0.4) is 0 Å². The lowest BCUT2D eigenvalue weighted by atomic mass is 10.2. The van der Waals surface area contributed by atoms with E-state index in [-0.39, 0.29) is 12.0 Å². The number of nitrogens with zero attached hydrogens (tertiary/aromatic N) is 5. The van der Waals surface area contributed by atoms with Crippen molar-refractivity contribution in [3.63, 3.8) is 0 Å². The van der Waals surface area contributed by atoms with Gasteiger partial charge in [0.15, 0.2) is 10.8 Å². The van der Waals surface area contributed by atoms with E-state index in [9.17, 15) is 22.4 Å². The Hall–Kier alpha value is -2.95. The number of carbonyl (C=O) groups excluding carboxylic acids is 1. The Bertz CT molecular complexity index is 1310. The number of thiol groups is 1. The molecule has 4 rings (SSSR count). The topological polar surface area (TPSA) is 81.1 Å². The number of alkyl halides is 3. The molecule has 1 aromatic heterocycles. The summed E-state index contributed by atoms with van der Waals surface area (Å²) in [4.78, 5) is 24.9. The third-order valence-corrected chi connectivity index (χ3v) is 8.32. The molecule has 0 aliphatic carbocycles. The summed E-state index contributed by atoms with van der Waals surface area (Å²) in [7, 11) is -1.14. The maximum atomic E-state index is 14.6. The second-order valence-corrected chi connectivity index (χ2v) is 10.8. The monoisotopic (exact) mass is 496 g/mol. The number of thiazole rings is 1. The van der Waals surface area contributed by atoms with Gasteiger partial charge in [-0.1, -0.05) is 0 Å². The van der Waals surface area contributed by atoms with Gasteiger partial charge in [-0.3, -0.25) is 9.79 Å². The van der Waals surface area contributed by atoms with E-state index >= 15 is 0 Å². The maximum Gasteiger partial charge on any atom is 0.389 e. The molecule has 0 radical (unpaired) electrons. The number of benzene rings is 2. The van der Waals surface area contributed by atoms with Crippen LogP contribution in [0.4, 0.5) is 23.2 Å². The zero-order chi connectivity index (χ0) is 23.6. The molecule has 0 spiro atoms. The molecule has 1 atom stereocenters. The SMILES string of the molecule is Cc1nc2cc(N=[N+]=NC(=O)c3ccc([SH]4CCN=C4CCC(F)(F)F)cc3F)ccc2s1.